The summed E-state index contributed by atoms with van der Waals surface area (Å²) in [6, 6.07) is 34.3. The van der Waals surface area contributed by atoms with E-state index < -0.39 is 0 Å². The van der Waals surface area contributed by atoms with E-state index in [1.165, 1.54) is 33.6 Å². The minimum absolute atomic E-state index is 0.0908. The molecule has 0 saturated carbocycles. The predicted octanol–water partition coefficient (Wildman–Crippen LogP) is 7.26. The molecule has 34 heavy (non-hydrogen) atoms. The van der Waals surface area contributed by atoms with E-state index in [9.17, 15) is 0 Å². The highest BCUT2D eigenvalue weighted by Gasteiger charge is 2.18. The number of hydrogen-bond donors (Lipinski definition) is 1. The van der Waals surface area contributed by atoms with Gasteiger partial charge in [-0.1, -0.05) is 72.3 Å². The van der Waals surface area contributed by atoms with E-state index in [0.717, 1.165) is 17.3 Å². The number of benzene rings is 4. The van der Waals surface area contributed by atoms with Crippen molar-refractivity contribution in [3.8, 4) is 0 Å². The van der Waals surface area contributed by atoms with Gasteiger partial charge in [0.1, 0.15) is 0 Å². The molecule has 0 unspecified atom stereocenters. The topological polar surface area (TPSA) is 18.5 Å². The molecule has 4 rings (SSSR count). The smallest absolute Gasteiger partial charge is 0.0640 e. The Hall–Kier alpha value is -3.43. The van der Waals surface area contributed by atoms with E-state index in [2.05, 4.69) is 134 Å². The maximum atomic E-state index is 6.77. The maximum Gasteiger partial charge on any atom is 0.0640 e. The second kappa shape index (κ2) is 10.7. The second-order valence-electron chi connectivity index (χ2n) is 8.98. The molecule has 0 atom stereocenters. The highest BCUT2D eigenvalue weighted by Crippen LogP contribution is 2.36. The minimum atomic E-state index is 0.0908. The summed E-state index contributed by atoms with van der Waals surface area (Å²) in [7, 11) is 8.25. The van der Waals surface area contributed by atoms with Gasteiger partial charge in [0.2, 0.25) is 0 Å². The van der Waals surface area contributed by atoms with Crippen molar-refractivity contribution < 1.29 is 0 Å². The molecular weight excluding hydrogens is 438 g/mol. The average Bonchev–Trinajstić information content (AvgIpc) is 2.85. The minimum Gasteiger partial charge on any atom is -0.380 e. The van der Waals surface area contributed by atoms with Gasteiger partial charge in [-0.05, 0) is 58.7 Å². The first-order chi connectivity index (χ1) is 16.4. The molecule has 0 fully saturated rings. The third-order valence-electron chi connectivity index (χ3n) is 6.14. The maximum absolute atomic E-state index is 6.77. The Morgan fingerprint density at radius 3 is 1.62 bits per heavy atom. The van der Waals surface area contributed by atoms with Gasteiger partial charge in [-0.3, -0.25) is 0 Å². The number of rotatable bonds is 8. The SMILES string of the molecule is CN(C)c1ccc(C(c2ccc(N(C)C)cc2)c2ccc(NCc3ccccc3)c(Cl)c2)cc1. The monoisotopic (exact) mass is 469 g/mol. The van der Waals surface area contributed by atoms with Gasteiger partial charge < -0.3 is 15.1 Å². The van der Waals surface area contributed by atoms with Gasteiger partial charge in [0, 0.05) is 52.0 Å². The van der Waals surface area contributed by atoms with Crippen molar-refractivity contribution in [3.63, 3.8) is 0 Å². The molecule has 0 aliphatic carbocycles. The fourth-order valence-corrected chi connectivity index (χ4v) is 4.41. The number of nitrogens with one attached hydrogen (secondary N) is 1. The zero-order chi connectivity index (χ0) is 24.1. The Morgan fingerprint density at radius 2 is 1.15 bits per heavy atom. The van der Waals surface area contributed by atoms with E-state index in [1.807, 2.05) is 6.07 Å². The van der Waals surface area contributed by atoms with Gasteiger partial charge in [0.15, 0.2) is 0 Å². The van der Waals surface area contributed by atoms with Gasteiger partial charge in [-0.25, -0.2) is 0 Å². The lowest BCUT2D eigenvalue weighted by atomic mass is 9.85. The number of anilines is 3. The van der Waals surface area contributed by atoms with Crippen molar-refractivity contribution in [1.29, 1.82) is 0 Å². The molecular formula is C30H32ClN3. The van der Waals surface area contributed by atoms with E-state index in [-0.39, 0.29) is 5.92 Å². The average molecular weight is 470 g/mol. The summed E-state index contributed by atoms with van der Waals surface area (Å²) in [5.74, 6) is 0.0908. The van der Waals surface area contributed by atoms with Crippen molar-refractivity contribution in [3.05, 3.63) is 124 Å². The number of hydrogen-bond acceptors (Lipinski definition) is 3. The number of nitrogens with zero attached hydrogens (tertiary/aromatic N) is 2. The van der Waals surface area contributed by atoms with E-state index in [1.54, 1.807) is 0 Å². The van der Waals surface area contributed by atoms with Crippen LogP contribution in [0.25, 0.3) is 0 Å². The van der Waals surface area contributed by atoms with Gasteiger partial charge >= 0.3 is 0 Å². The Kier molecular flexibility index (Phi) is 7.44. The molecule has 4 aromatic rings. The van der Waals surface area contributed by atoms with Crippen LogP contribution in [-0.2, 0) is 6.54 Å². The van der Waals surface area contributed by atoms with Crippen LogP contribution in [-0.4, -0.2) is 28.2 Å². The molecule has 1 N–H and O–H groups in total. The lowest BCUT2D eigenvalue weighted by Gasteiger charge is -2.22. The predicted molar refractivity (Wildman–Crippen MR) is 148 cm³/mol. The lowest BCUT2D eigenvalue weighted by molar-refractivity contribution is 0.973. The van der Waals surface area contributed by atoms with Crippen molar-refractivity contribution in [2.75, 3.05) is 43.3 Å². The first kappa shape index (κ1) is 23.7. The molecule has 0 bridgehead atoms. The molecule has 0 amide bonds. The molecule has 0 aliphatic rings. The summed E-state index contributed by atoms with van der Waals surface area (Å²) >= 11 is 6.77. The first-order valence-electron chi connectivity index (χ1n) is 11.5. The quantitative estimate of drug-likeness (QED) is 0.274. The fraction of sp³-hybridized carbons (Fsp3) is 0.200. The van der Waals surface area contributed by atoms with Crippen LogP contribution in [0.2, 0.25) is 5.02 Å². The second-order valence-corrected chi connectivity index (χ2v) is 9.39. The third-order valence-corrected chi connectivity index (χ3v) is 6.45. The van der Waals surface area contributed by atoms with Gasteiger partial charge in [0.25, 0.3) is 0 Å². The lowest BCUT2D eigenvalue weighted by Crippen LogP contribution is -2.10. The molecule has 4 heteroatoms. The van der Waals surface area contributed by atoms with Crippen LogP contribution in [0.4, 0.5) is 17.1 Å². The van der Waals surface area contributed by atoms with Gasteiger partial charge in [0.05, 0.1) is 10.7 Å². The first-order valence-corrected chi connectivity index (χ1v) is 11.9. The van der Waals surface area contributed by atoms with E-state index in [0.29, 0.717) is 0 Å². The highest BCUT2D eigenvalue weighted by molar-refractivity contribution is 6.33. The molecule has 0 aromatic heterocycles. The molecule has 0 aliphatic heterocycles. The Morgan fingerprint density at radius 1 is 0.647 bits per heavy atom. The zero-order valence-corrected chi connectivity index (χ0v) is 21.1. The molecule has 0 heterocycles. The summed E-state index contributed by atoms with van der Waals surface area (Å²) in [5.41, 5.74) is 8.19. The van der Waals surface area contributed by atoms with E-state index >= 15 is 0 Å². The van der Waals surface area contributed by atoms with Crippen LogP contribution in [0.3, 0.4) is 0 Å². The van der Waals surface area contributed by atoms with Gasteiger partial charge in [-0.2, -0.15) is 0 Å². The van der Waals surface area contributed by atoms with Crippen LogP contribution in [0.5, 0.6) is 0 Å². The molecule has 0 saturated heterocycles. The summed E-state index contributed by atoms with van der Waals surface area (Å²) < 4.78 is 0. The van der Waals surface area contributed by atoms with Crippen LogP contribution >= 0.6 is 11.6 Å². The highest BCUT2D eigenvalue weighted by atomic mass is 35.5. The summed E-state index contributed by atoms with van der Waals surface area (Å²) in [5, 5.41) is 4.20. The summed E-state index contributed by atoms with van der Waals surface area (Å²) in [6.07, 6.45) is 0. The zero-order valence-electron chi connectivity index (χ0n) is 20.3. The Bertz CT molecular complexity index is 1150. The van der Waals surface area contributed by atoms with Crippen LogP contribution in [0, 0.1) is 0 Å². The summed E-state index contributed by atoms with van der Waals surface area (Å²) in [6.45, 7) is 0.737. The molecule has 174 valence electrons. The summed E-state index contributed by atoms with van der Waals surface area (Å²) in [4.78, 5) is 4.24. The van der Waals surface area contributed by atoms with Crippen LogP contribution in [0.15, 0.2) is 97.1 Å². The van der Waals surface area contributed by atoms with E-state index in [4.69, 9.17) is 11.6 Å². The third kappa shape index (κ3) is 5.55. The van der Waals surface area contributed by atoms with Crippen LogP contribution in [0.1, 0.15) is 28.2 Å². The molecule has 3 nitrogen and oxygen atoms in total. The van der Waals surface area contributed by atoms with Crippen molar-refractivity contribution >= 4 is 28.7 Å². The normalized spacial score (nSPS) is 10.9. The Labute approximate surface area is 208 Å². The Balaban J connectivity index is 1.67. The van der Waals surface area contributed by atoms with Crippen molar-refractivity contribution in [2.45, 2.75) is 12.5 Å². The standard InChI is InChI=1S/C30H32ClN3/c1-33(2)26-15-10-23(11-16-26)30(24-12-17-27(18-13-24)34(3)4)25-14-19-29(28(31)20-25)32-21-22-8-6-5-7-9-22/h5-20,30,32H,21H2,1-4H3. The van der Waals surface area contributed by atoms with Gasteiger partial charge in [-0.15, -0.1) is 0 Å². The fourth-order valence-electron chi connectivity index (χ4n) is 4.15. The molecule has 0 radical (unpaired) electrons. The molecule has 0 spiro atoms. The number of halogens is 1. The largest absolute Gasteiger partial charge is 0.380 e. The van der Waals surface area contributed by atoms with Crippen molar-refractivity contribution in [2.24, 2.45) is 0 Å². The van der Waals surface area contributed by atoms with Crippen LogP contribution < -0.4 is 15.1 Å². The molecule has 4 aromatic carbocycles. The van der Waals surface area contributed by atoms with Crippen molar-refractivity contribution in [1.82, 2.24) is 0 Å².